The highest BCUT2D eigenvalue weighted by molar-refractivity contribution is 7.90. The molecule has 5 aromatic carbocycles. The smallest absolute Gasteiger partial charge is 0.417 e. The Morgan fingerprint density at radius 1 is 0.566 bits per heavy atom. The minimum Gasteiger partial charge on any atom is -0.447 e. The van der Waals surface area contributed by atoms with Crippen molar-refractivity contribution < 1.29 is 56.5 Å². The minimum atomic E-state index is -4.06. The van der Waals surface area contributed by atoms with Crippen LogP contribution >= 0.6 is 49.7 Å². The highest BCUT2D eigenvalue weighted by Crippen LogP contribution is 2.57. The summed E-state index contributed by atoms with van der Waals surface area (Å²) >= 11 is 2.98. The summed E-state index contributed by atoms with van der Waals surface area (Å²) in [6.07, 6.45) is 11.6. The maximum absolute atomic E-state index is 13.8. The van der Waals surface area contributed by atoms with Crippen LogP contribution in [-0.2, 0) is 40.4 Å². The van der Waals surface area contributed by atoms with Gasteiger partial charge in [-0.15, -0.1) is 22.7 Å². The van der Waals surface area contributed by atoms with Crippen LogP contribution in [0.25, 0.3) is 20.9 Å². The van der Waals surface area contributed by atoms with Crippen LogP contribution in [0.5, 0.6) is 5.75 Å². The number of amides is 5. The van der Waals surface area contributed by atoms with Gasteiger partial charge in [0.15, 0.2) is 0 Å². The molecule has 578 valence electrons. The normalized spacial score (nSPS) is 20.1. The van der Waals surface area contributed by atoms with Crippen molar-refractivity contribution in [1.82, 2.24) is 35.4 Å². The number of nitrogens with two attached hydrogens (primary N) is 1. The van der Waals surface area contributed by atoms with Gasteiger partial charge in [-0.3, -0.25) is 15.4 Å². The lowest BCUT2D eigenvalue weighted by atomic mass is 9.57. The summed E-state index contributed by atoms with van der Waals surface area (Å²) in [7, 11) is -8.04. The van der Waals surface area contributed by atoms with Crippen LogP contribution in [0.15, 0.2) is 144 Å². The zero-order chi connectivity index (χ0) is 76.9. The monoisotopic (exact) mass is 1570 g/mol. The van der Waals surface area contributed by atoms with E-state index in [0.717, 1.165) is 97.5 Å². The van der Waals surface area contributed by atoms with E-state index in [2.05, 4.69) is 36.0 Å². The first-order valence-electron chi connectivity index (χ1n) is 35.7. The number of anilines is 2. The minimum absolute atomic E-state index is 0. The van der Waals surface area contributed by atoms with E-state index in [0.29, 0.717) is 28.6 Å². The molecule has 13 rings (SSSR count). The molecule has 6 saturated carbocycles. The third-order valence-corrected chi connectivity index (χ3v) is 24.7. The van der Waals surface area contributed by atoms with E-state index < -0.39 is 48.2 Å². The number of non-ortho nitro benzene ring substituents is 1. The Kier molecular flexibility index (Phi) is 29.4. The van der Waals surface area contributed by atoms with Gasteiger partial charge in [0.25, 0.3) is 5.69 Å². The zero-order valence-electron chi connectivity index (χ0n) is 63.6. The molecule has 6 aliphatic rings. The summed E-state index contributed by atoms with van der Waals surface area (Å²) in [6, 6.07) is 33.7. The van der Waals surface area contributed by atoms with Crippen molar-refractivity contribution in [1.29, 1.82) is 0 Å². The number of aromatic nitrogens is 2. The van der Waals surface area contributed by atoms with Crippen molar-refractivity contribution in [2.45, 2.75) is 241 Å². The van der Waals surface area contributed by atoms with Gasteiger partial charge in [0, 0.05) is 87.4 Å². The highest BCUT2D eigenvalue weighted by Gasteiger charge is 2.53. The molecule has 2 aromatic heterocycles. The Morgan fingerprint density at radius 2 is 0.943 bits per heavy atom. The predicted octanol–water partition coefficient (Wildman–Crippen LogP) is 17.1. The molecule has 2 atom stereocenters. The van der Waals surface area contributed by atoms with Gasteiger partial charge in [0.2, 0.25) is 20.0 Å². The van der Waals surface area contributed by atoms with E-state index in [1.807, 2.05) is 102 Å². The fraction of sp³-hybridized carbons (Fsp3) is 0.474. The first-order valence-corrected chi connectivity index (χ1v) is 39.6. The number of carbonyl (C=O) groups excluding carboxylic acids is 4. The number of rotatable bonds is 19. The number of sulfonamides is 2. The van der Waals surface area contributed by atoms with E-state index in [1.54, 1.807) is 85.1 Å². The highest BCUT2D eigenvalue weighted by atomic mass is 32.2. The maximum atomic E-state index is 13.8. The molecule has 7 aromatic rings. The van der Waals surface area contributed by atoms with Crippen molar-refractivity contribution in [2.75, 3.05) is 10.6 Å². The number of ether oxygens (including phenoxy) is 3. The van der Waals surface area contributed by atoms with E-state index >= 15 is 0 Å². The van der Waals surface area contributed by atoms with Crippen LogP contribution in [0.4, 0.5) is 36.2 Å². The summed E-state index contributed by atoms with van der Waals surface area (Å²) < 4.78 is 82.6. The van der Waals surface area contributed by atoms with Crippen LogP contribution in [0.3, 0.4) is 0 Å². The van der Waals surface area contributed by atoms with Gasteiger partial charge in [0.1, 0.15) is 5.75 Å². The van der Waals surface area contributed by atoms with Crippen LogP contribution in [0, 0.1) is 10.1 Å². The lowest BCUT2D eigenvalue weighted by Gasteiger charge is -2.52. The average Bonchev–Trinajstić information content (AvgIpc) is 1.73. The SMILES string of the molecule is CC(C)OC(=O)NC12CCC(c3ncc(-c4ccc(NC(=O)N[C@@H](C)c5ccccc5)cc4S(=O)(=O)NC(C)(C)C)s3)(CC1)CC2.CC(C)OC(=O)NC12CCC(c3ncc(-c4ccc(NC(=O)Oc5ccc([N+](=O)[O-])cc5)cc4S(=O)(=O)NC(C)(C)C)s3)(CC1)CC2.C[C@H](N)c1ccccc1.S.S.[2H]CC. The molecular formula is C76H105N11O13S6. The van der Waals surface area contributed by atoms with Gasteiger partial charge < -0.3 is 41.2 Å². The summed E-state index contributed by atoms with van der Waals surface area (Å²) in [5, 5.41) is 27.4. The van der Waals surface area contributed by atoms with Crippen molar-refractivity contribution in [3.8, 4) is 26.6 Å². The number of nitro groups is 1. The topological polar surface area (TPSA) is 343 Å². The zero-order valence-corrected chi connectivity index (χ0v) is 67.8. The number of alkyl carbamates (subject to hydrolysis) is 2. The number of carbonyl (C=O) groups is 4. The largest absolute Gasteiger partial charge is 0.447 e. The lowest BCUT2D eigenvalue weighted by molar-refractivity contribution is -0.384. The van der Waals surface area contributed by atoms with E-state index in [9.17, 15) is 46.1 Å². The summed E-state index contributed by atoms with van der Waals surface area (Å²) in [6.45, 7) is 24.1. The Morgan fingerprint density at radius 3 is 1.29 bits per heavy atom. The van der Waals surface area contributed by atoms with Crippen molar-refractivity contribution in [2.24, 2.45) is 5.73 Å². The molecule has 2 heterocycles. The van der Waals surface area contributed by atoms with Crippen molar-refractivity contribution in [3.05, 3.63) is 165 Å². The fourth-order valence-electron chi connectivity index (χ4n) is 13.4. The molecule has 0 radical (unpaired) electrons. The maximum Gasteiger partial charge on any atom is 0.417 e. The molecule has 0 saturated heterocycles. The van der Waals surface area contributed by atoms with Crippen molar-refractivity contribution in [3.63, 3.8) is 0 Å². The number of nitrogens with one attached hydrogen (secondary N) is 7. The first-order chi connectivity index (χ1) is 49.3. The van der Waals surface area contributed by atoms with E-state index in [1.165, 1.54) is 64.6 Å². The lowest BCUT2D eigenvalue weighted by Crippen LogP contribution is -2.58. The third kappa shape index (κ3) is 23.2. The molecule has 6 fully saturated rings. The van der Waals surface area contributed by atoms with Crippen LogP contribution in [0.1, 0.15) is 209 Å². The molecule has 5 amide bonds. The van der Waals surface area contributed by atoms with Gasteiger partial charge >= 0.3 is 24.3 Å². The summed E-state index contributed by atoms with van der Waals surface area (Å²) in [5.41, 5.74) is 6.83. The van der Waals surface area contributed by atoms with Gasteiger partial charge in [0.05, 0.1) is 52.7 Å². The molecule has 0 aliphatic heterocycles. The number of hydrogen-bond donors (Lipinski definition) is 8. The Hall–Kier alpha value is -7.68. The number of fused-ring (bicyclic) bond motifs is 6. The Bertz CT molecular complexity index is 4350. The van der Waals surface area contributed by atoms with Gasteiger partial charge in [-0.05, 0) is 208 Å². The molecule has 4 bridgehead atoms. The van der Waals surface area contributed by atoms with Crippen LogP contribution in [-0.4, -0.2) is 90.4 Å². The molecule has 30 heteroatoms. The second-order valence-electron chi connectivity index (χ2n) is 29.7. The number of hydrogen-bond acceptors (Lipinski definition) is 18. The molecular weight excluding hydrogens is 1470 g/mol. The molecule has 0 spiro atoms. The predicted molar refractivity (Wildman–Crippen MR) is 430 cm³/mol. The van der Waals surface area contributed by atoms with Crippen molar-refractivity contribution >= 4 is 111 Å². The number of urea groups is 1. The molecule has 106 heavy (non-hydrogen) atoms. The quantitative estimate of drug-likeness (QED) is 0.0275. The third-order valence-electron chi connectivity index (χ3n) is 18.5. The van der Waals surface area contributed by atoms with Crippen LogP contribution in [0.2, 0.25) is 0 Å². The molecule has 6 aliphatic carbocycles. The van der Waals surface area contributed by atoms with E-state index in [4.69, 9.17) is 31.3 Å². The van der Waals surface area contributed by atoms with Crippen LogP contribution < -0.4 is 46.5 Å². The number of nitrogens with zero attached hydrogens (tertiary/aromatic N) is 3. The van der Waals surface area contributed by atoms with Gasteiger partial charge in [-0.1, -0.05) is 86.6 Å². The first kappa shape index (κ1) is 85.6. The molecule has 24 nitrogen and oxygen atoms in total. The van der Waals surface area contributed by atoms with E-state index in [-0.39, 0.29) is 112 Å². The number of nitro benzene ring substituents is 1. The Labute approximate surface area is 647 Å². The second-order valence-corrected chi connectivity index (χ2v) is 35.0. The number of benzene rings is 5. The average molecular weight is 1570 g/mol. The standard InChI is InChI=1S/C34H45N5O5S2.C32H39N5O8S2.C8H11N.C2H6.2H2S/c1-22(2)44-31(41)38-34-17-14-33(15-18-34,16-19-34)29-35-21-27(45-29)26-13-12-25(20-28(26)46(42,43)39-32(4,5)6)37-30(40)36-23(3)24-10-8-7-9-11-24;1-20(2)44-29(39)35-32-15-12-31(13-16-32,14-17-32)27-33-19-25(46-27)24-11-6-21(18-26(24)47(42,43)36-30(3,4)5)34-28(38)45-23-9-7-22(8-10-23)37(40)41;1-7(9)8-5-3-2-4-6-8;1-2;;/h7-13,20-23,39H,14-19H2,1-6H3,(H,38,41)(H2,36,37,40);6-11,18-20,36H,12-17H2,1-5H3,(H,34,38)(H,35,39);2-7H,9H2,1H3;1-2H3;2*1H2/t23-,33?,34?;;7-;;;/m0.0.../s1/i;;;1D;;. The summed E-state index contributed by atoms with van der Waals surface area (Å²) in [5.74, 6) is 0.0810. The molecule has 9 N–H and O–H groups in total. The Balaban J connectivity index is 0.000000285. The number of thiazole rings is 2. The molecule has 0 unspecified atom stereocenters. The summed E-state index contributed by atoms with van der Waals surface area (Å²) in [4.78, 5) is 71.7. The second kappa shape index (κ2) is 36.5. The van der Waals surface area contributed by atoms with Gasteiger partial charge in [-0.2, -0.15) is 27.0 Å². The van der Waals surface area contributed by atoms with Gasteiger partial charge in [-0.25, -0.2) is 55.4 Å². The fourth-order valence-corrected chi connectivity index (χ4v) is 19.3.